The molecule has 0 aliphatic carbocycles. The average Bonchev–Trinajstić information content (AvgIpc) is 2.28. The van der Waals surface area contributed by atoms with Crippen molar-refractivity contribution >= 4 is 27.5 Å². The second kappa shape index (κ2) is 7.37. The number of hydrogen-bond donors (Lipinski definition) is 2. The lowest BCUT2D eigenvalue weighted by Crippen LogP contribution is -2.31. The van der Waals surface area contributed by atoms with Crippen LogP contribution in [0.3, 0.4) is 0 Å². The molecule has 0 amide bonds. The molecule has 1 aromatic rings. The van der Waals surface area contributed by atoms with E-state index >= 15 is 0 Å². The lowest BCUT2D eigenvalue weighted by atomic mass is 10.1. The van der Waals surface area contributed by atoms with Gasteiger partial charge in [0.2, 0.25) is 0 Å². The van der Waals surface area contributed by atoms with E-state index in [0.29, 0.717) is 6.04 Å². The number of halogens is 2. The van der Waals surface area contributed by atoms with E-state index in [2.05, 4.69) is 35.1 Å². The Kier molecular flexibility index (Phi) is 6.49. The number of benzene rings is 1. The van der Waals surface area contributed by atoms with Gasteiger partial charge < -0.3 is 10.4 Å². The normalized spacial score (nSPS) is 14.6. The SMILES string of the molecule is CCC(CCO)NC(C)c1ccc(Br)cc1Cl. The maximum atomic E-state index is 8.97. The number of aliphatic hydroxyl groups is 1. The first kappa shape index (κ1) is 15.0. The van der Waals surface area contributed by atoms with E-state index in [4.69, 9.17) is 16.7 Å². The van der Waals surface area contributed by atoms with Crippen LogP contribution in [0.1, 0.15) is 38.3 Å². The maximum Gasteiger partial charge on any atom is 0.0464 e. The molecule has 2 nitrogen and oxygen atoms in total. The first-order chi connectivity index (χ1) is 8.08. The molecule has 2 atom stereocenters. The minimum atomic E-state index is 0.187. The Morgan fingerprint density at radius 1 is 1.47 bits per heavy atom. The van der Waals surface area contributed by atoms with E-state index in [1.807, 2.05) is 18.2 Å². The Bertz CT molecular complexity index is 359. The highest BCUT2D eigenvalue weighted by Crippen LogP contribution is 2.26. The molecule has 0 spiro atoms. The second-order valence-electron chi connectivity index (χ2n) is 4.17. The van der Waals surface area contributed by atoms with Crippen molar-refractivity contribution in [2.75, 3.05) is 6.61 Å². The summed E-state index contributed by atoms with van der Waals surface area (Å²) in [5.74, 6) is 0. The van der Waals surface area contributed by atoms with Crippen LogP contribution in [0.5, 0.6) is 0 Å². The molecule has 0 heterocycles. The van der Waals surface area contributed by atoms with E-state index in [-0.39, 0.29) is 12.6 Å². The quantitative estimate of drug-likeness (QED) is 0.833. The second-order valence-corrected chi connectivity index (χ2v) is 5.49. The Morgan fingerprint density at radius 3 is 2.71 bits per heavy atom. The van der Waals surface area contributed by atoms with Gasteiger partial charge in [0, 0.05) is 28.2 Å². The minimum Gasteiger partial charge on any atom is -0.396 e. The summed E-state index contributed by atoms with van der Waals surface area (Å²) in [7, 11) is 0. The predicted molar refractivity (Wildman–Crippen MR) is 76.5 cm³/mol. The Balaban J connectivity index is 2.71. The highest BCUT2D eigenvalue weighted by atomic mass is 79.9. The van der Waals surface area contributed by atoms with Gasteiger partial charge in [0.05, 0.1) is 0 Å². The van der Waals surface area contributed by atoms with Crippen LogP contribution in [0, 0.1) is 0 Å². The highest BCUT2D eigenvalue weighted by Gasteiger charge is 2.13. The zero-order valence-corrected chi connectivity index (χ0v) is 12.6. The van der Waals surface area contributed by atoms with Crippen LogP contribution in [0.25, 0.3) is 0 Å². The van der Waals surface area contributed by atoms with Gasteiger partial charge in [-0.05, 0) is 37.5 Å². The summed E-state index contributed by atoms with van der Waals surface area (Å²) in [5, 5.41) is 13.2. The third kappa shape index (κ3) is 4.59. The van der Waals surface area contributed by atoms with Crippen molar-refractivity contribution in [3.05, 3.63) is 33.3 Å². The van der Waals surface area contributed by atoms with Gasteiger partial charge in [-0.25, -0.2) is 0 Å². The Hall–Kier alpha value is -0.0900. The van der Waals surface area contributed by atoms with Crippen molar-refractivity contribution in [1.82, 2.24) is 5.32 Å². The van der Waals surface area contributed by atoms with Crippen LogP contribution >= 0.6 is 27.5 Å². The summed E-state index contributed by atoms with van der Waals surface area (Å²) >= 11 is 9.61. The molecular formula is C13H19BrClNO. The molecule has 96 valence electrons. The highest BCUT2D eigenvalue weighted by molar-refractivity contribution is 9.10. The van der Waals surface area contributed by atoms with E-state index in [0.717, 1.165) is 27.9 Å². The zero-order chi connectivity index (χ0) is 12.8. The molecule has 0 radical (unpaired) electrons. The molecular weight excluding hydrogens is 302 g/mol. The molecule has 1 rings (SSSR count). The van der Waals surface area contributed by atoms with Gasteiger partial charge in [-0.2, -0.15) is 0 Å². The van der Waals surface area contributed by atoms with Crippen molar-refractivity contribution < 1.29 is 5.11 Å². The fraction of sp³-hybridized carbons (Fsp3) is 0.538. The number of nitrogens with one attached hydrogen (secondary N) is 1. The molecule has 0 bridgehead atoms. The molecule has 1 aromatic carbocycles. The molecule has 4 heteroatoms. The standard InChI is InChI=1S/C13H19BrClNO/c1-3-11(6-7-17)16-9(2)12-5-4-10(14)8-13(12)15/h4-5,8-9,11,16-17H,3,6-7H2,1-2H3. The van der Waals surface area contributed by atoms with E-state index in [1.165, 1.54) is 0 Å². The summed E-state index contributed by atoms with van der Waals surface area (Å²) in [5.41, 5.74) is 1.09. The van der Waals surface area contributed by atoms with Crippen LogP contribution in [0.15, 0.2) is 22.7 Å². The zero-order valence-electron chi connectivity index (χ0n) is 10.2. The lowest BCUT2D eigenvalue weighted by molar-refractivity contribution is 0.257. The van der Waals surface area contributed by atoms with E-state index < -0.39 is 0 Å². The first-order valence-corrected chi connectivity index (χ1v) is 7.07. The van der Waals surface area contributed by atoms with Crippen molar-refractivity contribution in [3.8, 4) is 0 Å². The molecule has 0 aliphatic rings. The molecule has 0 aliphatic heterocycles. The summed E-state index contributed by atoms with van der Waals surface area (Å²) in [6, 6.07) is 6.44. The molecule has 17 heavy (non-hydrogen) atoms. The summed E-state index contributed by atoms with van der Waals surface area (Å²) in [6.07, 6.45) is 1.77. The Labute approximate surface area is 117 Å². The van der Waals surface area contributed by atoms with Gasteiger partial charge in [0.15, 0.2) is 0 Å². The lowest BCUT2D eigenvalue weighted by Gasteiger charge is -2.22. The van der Waals surface area contributed by atoms with Crippen LogP contribution in [0.2, 0.25) is 5.02 Å². The fourth-order valence-corrected chi connectivity index (χ4v) is 2.69. The molecule has 0 saturated carbocycles. The van der Waals surface area contributed by atoms with Crippen molar-refractivity contribution in [3.63, 3.8) is 0 Å². The van der Waals surface area contributed by atoms with E-state index in [1.54, 1.807) is 0 Å². The third-order valence-corrected chi connectivity index (χ3v) is 3.71. The molecule has 2 unspecified atom stereocenters. The van der Waals surface area contributed by atoms with Gasteiger partial charge in [0.25, 0.3) is 0 Å². The number of hydrogen-bond acceptors (Lipinski definition) is 2. The van der Waals surface area contributed by atoms with Gasteiger partial charge in [0.1, 0.15) is 0 Å². The van der Waals surface area contributed by atoms with E-state index in [9.17, 15) is 0 Å². The number of rotatable bonds is 6. The first-order valence-electron chi connectivity index (χ1n) is 5.90. The summed E-state index contributed by atoms with van der Waals surface area (Å²) in [6.45, 7) is 4.42. The smallest absolute Gasteiger partial charge is 0.0464 e. The minimum absolute atomic E-state index is 0.187. The van der Waals surface area contributed by atoms with Crippen LogP contribution < -0.4 is 5.32 Å². The number of aliphatic hydroxyl groups excluding tert-OH is 1. The van der Waals surface area contributed by atoms with Gasteiger partial charge in [-0.15, -0.1) is 0 Å². The molecule has 0 fully saturated rings. The molecule has 2 N–H and O–H groups in total. The average molecular weight is 321 g/mol. The fourth-order valence-electron chi connectivity index (χ4n) is 1.86. The molecule has 0 aromatic heterocycles. The van der Waals surface area contributed by atoms with Gasteiger partial charge in [-0.3, -0.25) is 0 Å². The van der Waals surface area contributed by atoms with Crippen LogP contribution in [0.4, 0.5) is 0 Å². The van der Waals surface area contributed by atoms with Crippen molar-refractivity contribution in [2.45, 2.75) is 38.8 Å². The summed E-state index contributed by atoms with van der Waals surface area (Å²) in [4.78, 5) is 0. The van der Waals surface area contributed by atoms with Crippen molar-refractivity contribution in [2.24, 2.45) is 0 Å². The Morgan fingerprint density at radius 2 is 2.18 bits per heavy atom. The largest absolute Gasteiger partial charge is 0.396 e. The van der Waals surface area contributed by atoms with Gasteiger partial charge in [-0.1, -0.05) is 40.5 Å². The van der Waals surface area contributed by atoms with Crippen LogP contribution in [-0.2, 0) is 0 Å². The monoisotopic (exact) mass is 319 g/mol. The molecule has 0 saturated heterocycles. The predicted octanol–water partition coefficient (Wildman–Crippen LogP) is 3.91. The third-order valence-electron chi connectivity index (χ3n) is 2.89. The van der Waals surface area contributed by atoms with Crippen LogP contribution in [-0.4, -0.2) is 17.8 Å². The van der Waals surface area contributed by atoms with Gasteiger partial charge >= 0.3 is 0 Å². The van der Waals surface area contributed by atoms with Crippen molar-refractivity contribution in [1.29, 1.82) is 0 Å². The topological polar surface area (TPSA) is 32.3 Å². The maximum absolute atomic E-state index is 8.97. The summed E-state index contributed by atoms with van der Waals surface area (Å²) < 4.78 is 0.987.